The van der Waals surface area contributed by atoms with Crippen LogP contribution in [0.5, 0.6) is 0 Å². The molecule has 1 heterocycles. The Morgan fingerprint density at radius 3 is 2.50 bits per heavy atom. The van der Waals surface area contributed by atoms with E-state index in [0.29, 0.717) is 0 Å². The molecular formula is C13H19N. The average molecular weight is 189 g/mol. The summed E-state index contributed by atoms with van der Waals surface area (Å²) in [5, 5.41) is 0. The number of allylic oxidation sites excluding steroid dienone is 1. The maximum absolute atomic E-state index is 4.50. The van der Waals surface area contributed by atoms with Gasteiger partial charge in [0.25, 0.3) is 0 Å². The van der Waals surface area contributed by atoms with E-state index in [1.165, 1.54) is 23.3 Å². The smallest absolute Gasteiger partial charge is 0.0482 e. The molecule has 0 atom stereocenters. The fourth-order valence-electron chi connectivity index (χ4n) is 1.61. The van der Waals surface area contributed by atoms with Crippen LogP contribution in [0.25, 0.3) is 6.08 Å². The van der Waals surface area contributed by atoms with Crippen LogP contribution < -0.4 is 0 Å². The second kappa shape index (κ2) is 4.94. The zero-order valence-electron chi connectivity index (χ0n) is 9.59. The lowest BCUT2D eigenvalue weighted by Crippen LogP contribution is -2.01. The van der Waals surface area contributed by atoms with Crippen LogP contribution in [0, 0.1) is 6.92 Å². The summed E-state index contributed by atoms with van der Waals surface area (Å²) in [4.78, 5) is 4.50. The van der Waals surface area contributed by atoms with Crippen molar-refractivity contribution in [2.45, 2.75) is 40.5 Å². The third-order valence-electron chi connectivity index (χ3n) is 2.31. The molecule has 14 heavy (non-hydrogen) atoms. The Labute approximate surface area is 86.9 Å². The van der Waals surface area contributed by atoms with Crippen LogP contribution in [0.2, 0.25) is 0 Å². The fourth-order valence-corrected chi connectivity index (χ4v) is 1.61. The van der Waals surface area contributed by atoms with Crippen molar-refractivity contribution >= 4 is 6.08 Å². The van der Waals surface area contributed by atoms with Crippen molar-refractivity contribution in [1.82, 2.24) is 4.98 Å². The van der Waals surface area contributed by atoms with Gasteiger partial charge in [-0.1, -0.05) is 31.6 Å². The number of rotatable bonds is 0. The highest BCUT2D eigenvalue weighted by molar-refractivity contribution is 5.57. The van der Waals surface area contributed by atoms with Gasteiger partial charge in [-0.15, -0.1) is 0 Å². The Balaban J connectivity index is 0.000000461. The molecule has 0 amide bonds. The first-order valence-electron chi connectivity index (χ1n) is 5.39. The van der Waals surface area contributed by atoms with E-state index in [9.17, 15) is 0 Å². The Bertz CT molecular complexity index is 337. The summed E-state index contributed by atoms with van der Waals surface area (Å²) in [5.74, 6) is 0. The van der Waals surface area contributed by atoms with Gasteiger partial charge in [0.1, 0.15) is 0 Å². The van der Waals surface area contributed by atoms with Gasteiger partial charge < -0.3 is 0 Å². The van der Waals surface area contributed by atoms with E-state index in [1.807, 2.05) is 20.8 Å². The molecule has 0 fully saturated rings. The lowest BCUT2D eigenvalue weighted by Gasteiger charge is -2.12. The van der Waals surface area contributed by atoms with Gasteiger partial charge in [-0.3, -0.25) is 4.98 Å². The molecule has 1 aliphatic rings. The first kappa shape index (κ1) is 11.0. The lowest BCUT2D eigenvalue weighted by molar-refractivity contribution is 0.874. The number of hydrogen-bond donors (Lipinski definition) is 0. The molecule has 0 bridgehead atoms. The van der Waals surface area contributed by atoms with Gasteiger partial charge in [0.2, 0.25) is 0 Å². The summed E-state index contributed by atoms with van der Waals surface area (Å²) < 4.78 is 0. The van der Waals surface area contributed by atoms with Gasteiger partial charge in [-0.25, -0.2) is 0 Å². The fraction of sp³-hybridized carbons (Fsp3) is 0.462. The summed E-state index contributed by atoms with van der Waals surface area (Å²) in [5.41, 5.74) is 5.17. The molecule has 0 saturated heterocycles. The van der Waals surface area contributed by atoms with Crippen molar-refractivity contribution in [3.63, 3.8) is 0 Å². The summed E-state index contributed by atoms with van der Waals surface area (Å²) in [7, 11) is 0. The van der Waals surface area contributed by atoms with E-state index in [0.717, 1.165) is 12.1 Å². The first-order chi connectivity index (χ1) is 6.75. The zero-order valence-corrected chi connectivity index (χ0v) is 9.59. The molecule has 0 spiro atoms. The number of nitrogens with zero attached hydrogens (tertiary/aromatic N) is 1. The van der Waals surface area contributed by atoms with Crippen LogP contribution in [0.1, 0.15) is 44.1 Å². The quantitative estimate of drug-likeness (QED) is 0.605. The lowest BCUT2D eigenvalue weighted by atomic mass is 9.97. The number of fused-ring (bicyclic) bond motifs is 1. The van der Waals surface area contributed by atoms with Crippen molar-refractivity contribution in [3.8, 4) is 0 Å². The van der Waals surface area contributed by atoms with Gasteiger partial charge >= 0.3 is 0 Å². The van der Waals surface area contributed by atoms with Crippen LogP contribution in [-0.4, -0.2) is 4.98 Å². The predicted molar refractivity (Wildman–Crippen MR) is 62.3 cm³/mol. The molecule has 0 N–H and O–H groups in total. The number of aryl methyl sites for hydroxylation is 2. The SMILES string of the molecule is CC.CC1=Cc2ccc(C)nc2CC1. The van der Waals surface area contributed by atoms with Crippen molar-refractivity contribution in [3.05, 3.63) is 34.7 Å². The molecule has 1 heteroatoms. The maximum Gasteiger partial charge on any atom is 0.0482 e. The molecule has 0 aromatic carbocycles. The third kappa shape index (κ3) is 2.44. The van der Waals surface area contributed by atoms with E-state index in [4.69, 9.17) is 0 Å². The van der Waals surface area contributed by atoms with E-state index < -0.39 is 0 Å². The standard InChI is InChI=1S/C11H13N.C2H6/c1-8-3-6-11-10(7-8)5-4-9(2)12-11;1-2/h4-5,7H,3,6H2,1-2H3;1-2H3. The van der Waals surface area contributed by atoms with Crippen molar-refractivity contribution < 1.29 is 0 Å². The molecule has 0 unspecified atom stereocenters. The Hall–Kier alpha value is -1.11. The predicted octanol–water partition coefficient (Wildman–Crippen LogP) is 3.77. The van der Waals surface area contributed by atoms with Gasteiger partial charge in [0.05, 0.1) is 0 Å². The summed E-state index contributed by atoms with van der Waals surface area (Å²) in [6.45, 7) is 8.23. The minimum absolute atomic E-state index is 1.11. The normalized spacial score (nSPS) is 13.6. The van der Waals surface area contributed by atoms with Gasteiger partial charge in [0, 0.05) is 11.4 Å². The first-order valence-corrected chi connectivity index (χ1v) is 5.39. The zero-order chi connectivity index (χ0) is 10.6. The molecule has 2 rings (SSSR count). The largest absolute Gasteiger partial charge is 0.258 e. The number of hydrogen-bond acceptors (Lipinski definition) is 1. The summed E-state index contributed by atoms with van der Waals surface area (Å²) in [6.07, 6.45) is 4.52. The van der Waals surface area contributed by atoms with Crippen LogP contribution in [0.15, 0.2) is 17.7 Å². The minimum atomic E-state index is 1.11. The van der Waals surface area contributed by atoms with Crippen molar-refractivity contribution in [2.24, 2.45) is 0 Å². The third-order valence-corrected chi connectivity index (χ3v) is 2.31. The second-order valence-corrected chi connectivity index (χ2v) is 3.48. The molecule has 1 nitrogen and oxygen atoms in total. The molecule has 1 aliphatic carbocycles. The number of pyridine rings is 1. The Kier molecular flexibility index (Phi) is 3.87. The van der Waals surface area contributed by atoms with Gasteiger partial charge in [0.15, 0.2) is 0 Å². The van der Waals surface area contributed by atoms with Crippen molar-refractivity contribution in [2.75, 3.05) is 0 Å². The van der Waals surface area contributed by atoms with Crippen LogP contribution in [0.4, 0.5) is 0 Å². The molecule has 76 valence electrons. The van der Waals surface area contributed by atoms with Crippen LogP contribution in [0.3, 0.4) is 0 Å². The topological polar surface area (TPSA) is 12.9 Å². The molecule has 0 aliphatic heterocycles. The highest BCUT2D eigenvalue weighted by Crippen LogP contribution is 2.21. The highest BCUT2D eigenvalue weighted by Gasteiger charge is 2.08. The highest BCUT2D eigenvalue weighted by atomic mass is 14.7. The monoisotopic (exact) mass is 189 g/mol. The summed E-state index contributed by atoms with van der Waals surface area (Å²) >= 11 is 0. The average Bonchev–Trinajstić information content (AvgIpc) is 2.21. The van der Waals surface area contributed by atoms with E-state index >= 15 is 0 Å². The molecule has 1 aromatic heterocycles. The Morgan fingerprint density at radius 2 is 1.79 bits per heavy atom. The minimum Gasteiger partial charge on any atom is -0.258 e. The molecule has 0 radical (unpaired) electrons. The number of aromatic nitrogens is 1. The van der Waals surface area contributed by atoms with E-state index in [2.05, 4.69) is 30.1 Å². The Morgan fingerprint density at radius 1 is 1.07 bits per heavy atom. The maximum atomic E-state index is 4.50. The van der Waals surface area contributed by atoms with Gasteiger partial charge in [-0.2, -0.15) is 0 Å². The molecule has 1 aromatic rings. The van der Waals surface area contributed by atoms with Crippen molar-refractivity contribution in [1.29, 1.82) is 0 Å². The van der Waals surface area contributed by atoms with Gasteiger partial charge in [-0.05, 0) is 38.3 Å². The second-order valence-electron chi connectivity index (χ2n) is 3.48. The molecule has 0 saturated carbocycles. The van der Waals surface area contributed by atoms with E-state index in [1.54, 1.807) is 0 Å². The summed E-state index contributed by atoms with van der Waals surface area (Å²) in [6, 6.07) is 4.24. The van der Waals surface area contributed by atoms with Crippen LogP contribution in [-0.2, 0) is 6.42 Å². The van der Waals surface area contributed by atoms with E-state index in [-0.39, 0.29) is 0 Å². The van der Waals surface area contributed by atoms with Crippen LogP contribution >= 0.6 is 0 Å². The molecular weight excluding hydrogens is 170 g/mol.